The highest BCUT2D eigenvalue weighted by Crippen LogP contribution is 2.26. The Bertz CT molecular complexity index is 508. The van der Waals surface area contributed by atoms with E-state index in [0.29, 0.717) is 17.4 Å². The highest BCUT2D eigenvalue weighted by atomic mass is 32.2. The monoisotopic (exact) mass is 256 g/mol. The van der Waals surface area contributed by atoms with E-state index in [-0.39, 0.29) is 11.7 Å². The Kier molecular flexibility index (Phi) is 3.20. The minimum absolute atomic E-state index is 0.220. The highest BCUT2D eigenvalue weighted by Gasteiger charge is 2.10. The maximum absolute atomic E-state index is 10.6. The molecule has 2 heterocycles. The van der Waals surface area contributed by atoms with E-state index < -0.39 is 0 Å². The van der Waals surface area contributed by atoms with Crippen LogP contribution in [0.25, 0.3) is 11.5 Å². The van der Waals surface area contributed by atoms with Crippen molar-refractivity contribution in [2.45, 2.75) is 11.3 Å². The van der Waals surface area contributed by atoms with Gasteiger partial charge in [-0.15, -0.1) is 11.3 Å². The number of aromatic nitrogens is 3. The molecule has 2 N–H and O–H groups in total. The van der Waals surface area contributed by atoms with Crippen LogP contribution < -0.4 is 5.73 Å². The fraction of sp³-hybridized carbons (Fsp3) is 0.250. The molecule has 0 aromatic carbocycles. The third kappa shape index (κ3) is 2.58. The number of thiazole rings is 1. The molecule has 0 aliphatic rings. The van der Waals surface area contributed by atoms with Crippen LogP contribution in [-0.4, -0.2) is 26.8 Å². The van der Waals surface area contributed by atoms with E-state index >= 15 is 0 Å². The van der Waals surface area contributed by atoms with Crippen molar-refractivity contribution in [3.05, 3.63) is 11.3 Å². The Balaban J connectivity index is 2.10. The van der Waals surface area contributed by atoms with Crippen LogP contribution in [-0.2, 0) is 4.79 Å². The van der Waals surface area contributed by atoms with Crippen LogP contribution in [0, 0.1) is 6.92 Å². The van der Waals surface area contributed by atoms with Crippen molar-refractivity contribution in [3.63, 3.8) is 0 Å². The summed E-state index contributed by atoms with van der Waals surface area (Å²) in [5.74, 6) is 0.810. The summed E-state index contributed by atoms with van der Waals surface area (Å²) in [6, 6.07) is 0. The number of hydrogen-bond donors (Lipinski definition) is 1. The number of rotatable bonds is 4. The number of nitrogens with two attached hydrogens (primary N) is 1. The molecule has 0 atom stereocenters. The SMILES string of the molecule is Cc1nc(-c2csc(SCC(N)=O)n2)no1. The van der Waals surface area contributed by atoms with Crippen molar-refractivity contribution in [3.8, 4) is 11.5 Å². The molecular formula is C8H8N4O2S2. The Morgan fingerprint density at radius 2 is 2.44 bits per heavy atom. The minimum atomic E-state index is -0.364. The van der Waals surface area contributed by atoms with Crippen LogP contribution in [0.2, 0.25) is 0 Å². The summed E-state index contributed by atoms with van der Waals surface area (Å²) < 4.78 is 5.61. The number of nitrogens with zero attached hydrogens (tertiary/aromatic N) is 3. The molecule has 2 aromatic heterocycles. The van der Waals surface area contributed by atoms with Gasteiger partial charge in [-0.2, -0.15) is 4.98 Å². The van der Waals surface area contributed by atoms with Crippen LogP contribution in [0.3, 0.4) is 0 Å². The van der Waals surface area contributed by atoms with Crippen LogP contribution in [0.5, 0.6) is 0 Å². The Morgan fingerprint density at radius 1 is 1.62 bits per heavy atom. The molecule has 0 bridgehead atoms. The summed E-state index contributed by atoms with van der Waals surface area (Å²) in [7, 11) is 0. The van der Waals surface area contributed by atoms with Gasteiger partial charge in [0.2, 0.25) is 17.6 Å². The lowest BCUT2D eigenvalue weighted by atomic mass is 10.5. The number of carbonyl (C=O) groups is 1. The molecule has 0 unspecified atom stereocenters. The first-order valence-electron chi connectivity index (χ1n) is 4.32. The smallest absolute Gasteiger partial charge is 0.227 e. The zero-order valence-corrected chi connectivity index (χ0v) is 9.97. The van der Waals surface area contributed by atoms with Crippen LogP contribution in [0.15, 0.2) is 14.2 Å². The largest absolute Gasteiger partial charge is 0.369 e. The van der Waals surface area contributed by atoms with Crippen molar-refractivity contribution in [2.24, 2.45) is 5.73 Å². The molecular weight excluding hydrogens is 248 g/mol. The molecule has 2 rings (SSSR count). The summed E-state index contributed by atoms with van der Waals surface area (Å²) in [6.07, 6.45) is 0. The second-order valence-corrected chi connectivity index (χ2v) is 4.97. The lowest BCUT2D eigenvalue weighted by Crippen LogP contribution is -2.12. The zero-order valence-electron chi connectivity index (χ0n) is 8.34. The highest BCUT2D eigenvalue weighted by molar-refractivity contribution is 8.01. The summed E-state index contributed by atoms with van der Waals surface area (Å²) in [4.78, 5) is 18.9. The van der Waals surface area contributed by atoms with Crippen molar-refractivity contribution in [1.29, 1.82) is 0 Å². The lowest BCUT2D eigenvalue weighted by Gasteiger charge is -1.90. The zero-order chi connectivity index (χ0) is 11.5. The molecule has 84 valence electrons. The number of thioether (sulfide) groups is 1. The molecule has 8 heteroatoms. The van der Waals surface area contributed by atoms with Gasteiger partial charge in [0.05, 0.1) is 5.75 Å². The van der Waals surface area contributed by atoms with Gasteiger partial charge in [0.25, 0.3) is 0 Å². The Labute approximate surface area is 99.3 Å². The maximum Gasteiger partial charge on any atom is 0.227 e. The van der Waals surface area contributed by atoms with Gasteiger partial charge < -0.3 is 10.3 Å². The van der Waals surface area contributed by atoms with Gasteiger partial charge in [0.1, 0.15) is 5.69 Å². The van der Waals surface area contributed by atoms with E-state index in [4.69, 9.17) is 10.3 Å². The topological polar surface area (TPSA) is 94.9 Å². The predicted octanol–water partition coefficient (Wildman–Crippen LogP) is 1.08. The van der Waals surface area contributed by atoms with Gasteiger partial charge in [0.15, 0.2) is 4.34 Å². The molecule has 0 spiro atoms. The maximum atomic E-state index is 10.6. The van der Waals surface area contributed by atoms with Crippen LogP contribution in [0.4, 0.5) is 0 Å². The minimum Gasteiger partial charge on any atom is -0.369 e. The third-order valence-corrected chi connectivity index (χ3v) is 3.62. The fourth-order valence-corrected chi connectivity index (χ4v) is 2.51. The van der Waals surface area contributed by atoms with E-state index in [1.165, 1.54) is 23.1 Å². The van der Waals surface area contributed by atoms with E-state index in [9.17, 15) is 4.79 Å². The Morgan fingerprint density at radius 3 is 3.06 bits per heavy atom. The average molecular weight is 256 g/mol. The van der Waals surface area contributed by atoms with E-state index in [0.717, 1.165) is 4.34 Å². The van der Waals surface area contributed by atoms with Crippen molar-refractivity contribution >= 4 is 29.0 Å². The quantitative estimate of drug-likeness (QED) is 0.822. The van der Waals surface area contributed by atoms with Gasteiger partial charge in [0, 0.05) is 12.3 Å². The van der Waals surface area contributed by atoms with Gasteiger partial charge in [-0.25, -0.2) is 4.98 Å². The molecule has 0 aliphatic heterocycles. The van der Waals surface area contributed by atoms with Crippen molar-refractivity contribution in [2.75, 3.05) is 5.75 Å². The van der Waals surface area contributed by atoms with Gasteiger partial charge in [-0.05, 0) is 0 Å². The van der Waals surface area contributed by atoms with Gasteiger partial charge in [-0.1, -0.05) is 16.9 Å². The lowest BCUT2D eigenvalue weighted by molar-refractivity contribution is -0.115. The number of amides is 1. The molecule has 0 radical (unpaired) electrons. The summed E-state index contributed by atoms with van der Waals surface area (Å²) in [5.41, 5.74) is 5.69. The molecule has 0 saturated carbocycles. The first-order valence-corrected chi connectivity index (χ1v) is 6.19. The second kappa shape index (κ2) is 4.62. The summed E-state index contributed by atoms with van der Waals surface area (Å²) in [6.45, 7) is 1.71. The second-order valence-electron chi connectivity index (χ2n) is 2.89. The first kappa shape index (κ1) is 11.1. The van der Waals surface area contributed by atoms with E-state index in [2.05, 4.69) is 15.1 Å². The van der Waals surface area contributed by atoms with Crippen molar-refractivity contribution < 1.29 is 9.32 Å². The number of aryl methyl sites for hydroxylation is 1. The molecule has 2 aromatic rings. The summed E-state index contributed by atoms with van der Waals surface area (Å²) in [5, 5.41) is 5.56. The number of primary amides is 1. The molecule has 0 fully saturated rings. The molecule has 16 heavy (non-hydrogen) atoms. The van der Waals surface area contributed by atoms with Gasteiger partial charge in [-0.3, -0.25) is 4.79 Å². The fourth-order valence-electron chi connectivity index (χ4n) is 0.962. The molecule has 0 saturated heterocycles. The molecule has 0 aliphatic carbocycles. The van der Waals surface area contributed by atoms with Gasteiger partial charge >= 0.3 is 0 Å². The number of carbonyl (C=O) groups excluding carboxylic acids is 1. The standard InChI is InChI=1S/C8H8N4O2S2/c1-4-10-7(12-14-4)5-2-15-8(11-5)16-3-6(9)13/h2H,3H2,1H3,(H2,9,13). The number of hydrogen-bond acceptors (Lipinski definition) is 7. The predicted molar refractivity (Wildman–Crippen MR) is 60.1 cm³/mol. The summed E-state index contributed by atoms with van der Waals surface area (Å²) >= 11 is 2.72. The normalized spacial score (nSPS) is 10.6. The molecule has 6 nitrogen and oxygen atoms in total. The van der Waals surface area contributed by atoms with E-state index in [1.807, 2.05) is 5.38 Å². The first-order chi connectivity index (χ1) is 7.65. The Hall–Kier alpha value is -1.41. The molecule has 1 amide bonds. The van der Waals surface area contributed by atoms with Crippen LogP contribution >= 0.6 is 23.1 Å². The van der Waals surface area contributed by atoms with Crippen molar-refractivity contribution in [1.82, 2.24) is 15.1 Å². The third-order valence-electron chi connectivity index (χ3n) is 1.58. The average Bonchev–Trinajstić information content (AvgIpc) is 2.83. The van der Waals surface area contributed by atoms with E-state index in [1.54, 1.807) is 6.92 Å². The van der Waals surface area contributed by atoms with Crippen LogP contribution in [0.1, 0.15) is 5.89 Å².